The zero-order valence-electron chi connectivity index (χ0n) is 15.0. The number of nitriles is 1. The average molecular weight is 388 g/mol. The Balaban J connectivity index is 1.74. The fourth-order valence-electron chi connectivity index (χ4n) is 3.08. The Kier molecular flexibility index (Phi) is 4.55. The molecule has 0 aliphatic heterocycles. The maximum atomic E-state index is 12.0. The number of amides is 1. The van der Waals surface area contributed by atoms with E-state index in [-0.39, 0.29) is 0 Å². The molecule has 0 saturated carbocycles. The summed E-state index contributed by atoms with van der Waals surface area (Å²) in [6, 6.07) is 16.9. The van der Waals surface area contributed by atoms with E-state index in [9.17, 15) is 10.1 Å². The van der Waals surface area contributed by atoms with Gasteiger partial charge >= 0.3 is 0 Å². The van der Waals surface area contributed by atoms with Gasteiger partial charge in [0.25, 0.3) is 5.91 Å². The lowest BCUT2D eigenvalue weighted by molar-refractivity contribution is 0.0998. The van der Waals surface area contributed by atoms with Crippen LogP contribution in [0.15, 0.2) is 60.9 Å². The van der Waals surface area contributed by atoms with Crippen molar-refractivity contribution >= 4 is 22.9 Å². The highest BCUT2D eigenvalue weighted by Crippen LogP contribution is 2.38. The number of aromatic nitrogens is 2. The third-order valence-corrected chi connectivity index (χ3v) is 5.57. The molecule has 0 radical (unpaired) electrons. The van der Waals surface area contributed by atoms with Crippen molar-refractivity contribution in [1.82, 2.24) is 9.38 Å². The maximum Gasteiger partial charge on any atom is 0.262 e. The summed E-state index contributed by atoms with van der Waals surface area (Å²) in [5.74, 6) is -0.153. The molecular weight excluding hydrogens is 372 g/mol. The molecule has 4 rings (SSSR count). The van der Waals surface area contributed by atoms with Gasteiger partial charge in [-0.3, -0.25) is 9.20 Å². The molecule has 0 unspecified atom stereocenters. The van der Waals surface area contributed by atoms with E-state index in [1.54, 1.807) is 24.4 Å². The van der Waals surface area contributed by atoms with Gasteiger partial charge in [-0.2, -0.15) is 5.26 Å². The zero-order chi connectivity index (χ0) is 19.7. The number of imidazole rings is 1. The van der Waals surface area contributed by atoms with Crippen LogP contribution in [-0.4, -0.2) is 15.3 Å². The molecule has 0 bridgehead atoms. The van der Waals surface area contributed by atoms with Crippen molar-refractivity contribution in [3.05, 3.63) is 76.9 Å². The number of thiophene rings is 1. The fraction of sp³-hybridized carbons (Fsp3) is 0.0952. The number of fused-ring (bicyclic) bond motifs is 1. The van der Waals surface area contributed by atoms with Crippen molar-refractivity contribution in [1.29, 1.82) is 5.26 Å². The zero-order valence-corrected chi connectivity index (χ0v) is 15.8. The van der Waals surface area contributed by atoms with Gasteiger partial charge in [-0.05, 0) is 25.1 Å². The first-order valence-electron chi connectivity index (χ1n) is 8.60. The average Bonchev–Trinajstić information content (AvgIpc) is 3.32. The van der Waals surface area contributed by atoms with Gasteiger partial charge in [0.05, 0.1) is 28.4 Å². The number of hydrogen-bond acceptors (Lipinski definition) is 5. The highest BCUT2D eigenvalue weighted by molar-refractivity contribution is 7.17. The largest absolute Gasteiger partial charge is 0.484 e. The molecule has 1 aromatic carbocycles. The van der Waals surface area contributed by atoms with Gasteiger partial charge in [-0.1, -0.05) is 24.3 Å². The molecule has 4 aromatic rings. The van der Waals surface area contributed by atoms with Gasteiger partial charge in [0.1, 0.15) is 22.4 Å². The first-order chi connectivity index (χ1) is 13.6. The van der Waals surface area contributed by atoms with Gasteiger partial charge in [0.2, 0.25) is 0 Å². The maximum absolute atomic E-state index is 12.0. The molecule has 138 valence electrons. The number of nitrogens with two attached hydrogens (primary N) is 1. The minimum Gasteiger partial charge on any atom is -0.484 e. The second-order valence-corrected chi connectivity index (χ2v) is 7.25. The molecule has 0 saturated heterocycles. The topological polar surface area (TPSA) is 93.4 Å². The number of carbonyl (C=O) groups excluding carboxylic acids is 1. The van der Waals surface area contributed by atoms with Gasteiger partial charge in [-0.15, -0.1) is 11.3 Å². The van der Waals surface area contributed by atoms with E-state index in [0.717, 1.165) is 21.8 Å². The summed E-state index contributed by atoms with van der Waals surface area (Å²) in [7, 11) is 0. The molecule has 6 nitrogen and oxygen atoms in total. The Morgan fingerprint density at radius 3 is 2.86 bits per heavy atom. The Hall–Kier alpha value is -3.63. The molecule has 7 heteroatoms. The summed E-state index contributed by atoms with van der Waals surface area (Å²) < 4.78 is 7.99. The number of nitrogens with zero attached hydrogens (tertiary/aromatic N) is 3. The van der Waals surface area contributed by atoms with Crippen LogP contribution in [0, 0.1) is 11.3 Å². The molecule has 0 spiro atoms. The number of ether oxygens (including phenoxy) is 1. The summed E-state index contributed by atoms with van der Waals surface area (Å²) in [6.07, 6.45) is 3.25. The lowest BCUT2D eigenvalue weighted by Gasteiger charge is -2.15. The molecular formula is C21H16N4O2S. The van der Waals surface area contributed by atoms with Crippen LogP contribution in [0.5, 0.6) is 5.75 Å². The molecule has 28 heavy (non-hydrogen) atoms. The number of rotatable bonds is 5. The van der Waals surface area contributed by atoms with Crippen LogP contribution in [0.4, 0.5) is 0 Å². The van der Waals surface area contributed by atoms with Crippen LogP contribution < -0.4 is 10.5 Å². The Morgan fingerprint density at radius 1 is 1.29 bits per heavy atom. The summed E-state index contributed by atoms with van der Waals surface area (Å²) in [6.45, 7) is 1.84. The van der Waals surface area contributed by atoms with E-state index in [4.69, 9.17) is 10.5 Å². The Bertz CT molecular complexity index is 1220. The summed E-state index contributed by atoms with van der Waals surface area (Å²) in [5, 5.41) is 9.32. The van der Waals surface area contributed by atoms with Crippen molar-refractivity contribution in [2.24, 2.45) is 5.73 Å². The number of hydrogen-bond donors (Lipinski definition) is 1. The number of pyridine rings is 1. The molecule has 0 fully saturated rings. The van der Waals surface area contributed by atoms with E-state index in [1.807, 2.05) is 47.9 Å². The van der Waals surface area contributed by atoms with E-state index < -0.39 is 12.0 Å². The van der Waals surface area contributed by atoms with E-state index in [0.29, 0.717) is 16.2 Å². The third kappa shape index (κ3) is 3.10. The molecule has 3 heterocycles. The van der Waals surface area contributed by atoms with Gasteiger partial charge in [0, 0.05) is 17.8 Å². The van der Waals surface area contributed by atoms with E-state index in [2.05, 4.69) is 11.1 Å². The number of primary amides is 1. The third-order valence-electron chi connectivity index (χ3n) is 4.41. The minimum absolute atomic E-state index is 0.335. The molecule has 1 amide bonds. The van der Waals surface area contributed by atoms with Crippen LogP contribution in [0.2, 0.25) is 0 Å². The second-order valence-electron chi connectivity index (χ2n) is 6.20. The van der Waals surface area contributed by atoms with Crippen LogP contribution in [0.3, 0.4) is 0 Å². The quantitative estimate of drug-likeness (QED) is 0.555. The Morgan fingerprint density at radius 2 is 2.07 bits per heavy atom. The monoisotopic (exact) mass is 388 g/mol. The lowest BCUT2D eigenvalue weighted by Crippen LogP contribution is -2.12. The van der Waals surface area contributed by atoms with Crippen molar-refractivity contribution in [3.63, 3.8) is 0 Å². The predicted octanol–water partition coefficient (Wildman–Crippen LogP) is 4.17. The van der Waals surface area contributed by atoms with Crippen LogP contribution in [0.1, 0.15) is 33.8 Å². The SMILES string of the molecule is C[C@@H](Oc1cc(-c2cnc3ccccn23)sc1C(N)=O)c1ccccc1C#N. The first kappa shape index (κ1) is 17.8. The molecule has 2 N–H and O–H groups in total. The number of benzene rings is 1. The number of carbonyl (C=O) groups is 1. The van der Waals surface area contributed by atoms with E-state index in [1.165, 1.54) is 11.3 Å². The molecule has 0 aliphatic carbocycles. The molecule has 0 aliphatic rings. The van der Waals surface area contributed by atoms with Crippen LogP contribution in [-0.2, 0) is 0 Å². The predicted molar refractivity (Wildman–Crippen MR) is 107 cm³/mol. The fourth-order valence-corrected chi connectivity index (χ4v) is 4.03. The van der Waals surface area contributed by atoms with Crippen LogP contribution >= 0.6 is 11.3 Å². The van der Waals surface area contributed by atoms with Crippen molar-refractivity contribution in [2.75, 3.05) is 0 Å². The highest BCUT2D eigenvalue weighted by Gasteiger charge is 2.21. The summed E-state index contributed by atoms with van der Waals surface area (Å²) >= 11 is 1.26. The minimum atomic E-state index is -0.555. The standard InChI is InChI=1S/C21H16N4O2S/c1-13(15-7-3-2-6-14(15)11-22)27-17-10-18(28-20(17)21(23)26)16-12-24-19-8-4-5-9-25(16)19/h2-10,12-13H,1H3,(H2,23,26)/t13-/m1/s1. The highest BCUT2D eigenvalue weighted by atomic mass is 32.1. The molecule has 1 atom stereocenters. The van der Waals surface area contributed by atoms with Gasteiger partial charge in [-0.25, -0.2) is 4.98 Å². The normalized spacial score (nSPS) is 11.9. The summed E-state index contributed by atoms with van der Waals surface area (Å²) in [5.41, 5.74) is 8.53. The lowest BCUT2D eigenvalue weighted by atomic mass is 10.0. The van der Waals surface area contributed by atoms with Crippen molar-refractivity contribution in [2.45, 2.75) is 13.0 Å². The van der Waals surface area contributed by atoms with E-state index >= 15 is 0 Å². The van der Waals surface area contributed by atoms with Gasteiger partial charge in [0.15, 0.2) is 0 Å². The van der Waals surface area contributed by atoms with Crippen molar-refractivity contribution < 1.29 is 9.53 Å². The second kappa shape index (κ2) is 7.18. The summed E-state index contributed by atoms with van der Waals surface area (Å²) in [4.78, 5) is 17.5. The van der Waals surface area contributed by atoms with Crippen molar-refractivity contribution in [3.8, 4) is 22.4 Å². The smallest absolute Gasteiger partial charge is 0.262 e. The first-order valence-corrected chi connectivity index (χ1v) is 9.42. The Labute approximate surface area is 165 Å². The van der Waals surface area contributed by atoms with Crippen LogP contribution in [0.25, 0.3) is 16.2 Å². The molecule has 3 aromatic heterocycles. The van der Waals surface area contributed by atoms with Gasteiger partial charge < -0.3 is 10.5 Å².